The number of aromatic amines is 2. The molecule has 0 amide bonds. The van der Waals surface area contributed by atoms with Gasteiger partial charge in [0.25, 0.3) is 5.56 Å². The van der Waals surface area contributed by atoms with Crippen molar-refractivity contribution in [3.63, 3.8) is 0 Å². The van der Waals surface area contributed by atoms with Crippen LogP contribution in [0.15, 0.2) is 9.59 Å². The third-order valence-corrected chi connectivity index (χ3v) is 2.82. The van der Waals surface area contributed by atoms with Crippen LogP contribution < -0.4 is 17.0 Å². The Labute approximate surface area is 103 Å². The van der Waals surface area contributed by atoms with Crippen LogP contribution in [0.4, 0.5) is 0 Å². The molecule has 0 fully saturated rings. The van der Waals surface area contributed by atoms with Crippen LogP contribution in [0.1, 0.15) is 38.6 Å². The van der Waals surface area contributed by atoms with Gasteiger partial charge < -0.3 is 10.7 Å². The van der Waals surface area contributed by atoms with E-state index in [2.05, 4.69) is 15.0 Å². The molecule has 0 aromatic carbocycles. The van der Waals surface area contributed by atoms with Crippen molar-refractivity contribution in [3.8, 4) is 0 Å². The number of aryl methyl sites for hydroxylation is 1. The molecule has 2 aromatic heterocycles. The molecule has 0 saturated heterocycles. The molecule has 0 bridgehead atoms. The molecule has 0 aliphatic carbocycles. The minimum Gasteiger partial charge on any atom is -0.335 e. The highest BCUT2D eigenvalue weighted by atomic mass is 16.2. The standard InChI is InChI=1S/C11H17N5O2/c1-3-4-5-16-9-7(10(17)15-11(16)18)13-8(14-9)6(2)12/h6H,3-5,12H2,1-2H3,(H,13,14)(H,15,17,18). The predicted octanol–water partition coefficient (Wildman–Crippen LogP) is 0.233. The van der Waals surface area contributed by atoms with Crippen molar-refractivity contribution in [2.24, 2.45) is 5.73 Å². The van der Waals surface area contributed by atoms with Crippen LogP contribution in [0.3, 0.4) is 0 Å². The summed E-state index contributed by atoms with van der Waals surface area (Å²) in [5, 5.41) is 0. The number of imidazole rings is 1. The average molecular weight is 251 g/mol. The van der Waals surface area contributed by atoms with E-state index in [0.717, 1.165) is 12.8 Å². The van der Waals surface area contributed by atoms with Crippen molar-refractivity contribution in [1.82, 2.24) is 19.5 Å². The number of hydrogen-bond donors (Lipinski definition) is 3. The quantitative estimate of drug-likeness (QED) is 0.722. The van der Waals surface area contributed by atoms with Gasteiger partial charge in [0.15, 0.2) is 5.65 Å². The minimum atomic E-state index is -0.456. The summed E-state index contributed by atoms with van der Waals surface area (Å²) in [5.41, 5.74) is 5.52. The molecule has 0 saturated carbocycles. The van der Waals surface area contributed by atoms with Gasteiger partial charge in [-0.1, -0.05) is 13.3 Å². The molecular formula is C11H17N5O2. The fourth-order valence-electron chi connectivity index (χ4n) is 1.80. The van der Waals surface area contributed by atoms with E-state index in [1.807, 2.05) is 6.92 Å². The molecule has 0 aliphatic heterocycles. The van der Waals surface area contributed by atoms with Gasteiger partial charge >= 0.3 is 5.69 Å². The fraction of sp³-hybridized carbons (Fsp3) is 0.545. The molecular weight excluding hydrogens is 234 g/mol. The second kappa shape index (κ2) is 4.77. The average Bonchev–Trinajstić information content (AvgIpc) is 2.74. The number of fused-ring (bicyclic) bond motifs is 1. The van der Waals surface area contributed by atoms with E-state index >= 15 is 0 Å². The number of nitrogens with zero attached hydrogens (tertiary/aromatic N) is 2. The second-order valence-corrected chi connectivity index (χ2v) is 4.37. The molecule has 18 heavy (non-hydrogen) atoms. The summed E-state index contributed by atoms with van der Waals surface area (Å²) in [7, 11) is 0. The SMILES string of the molecule is CCCCn1c(=O)[nH]c(=O)c2[nH]c(C(C)N)nc21. The Bertz CT molecular complexity index is 664. The highest BCUT2D eigenvalue weighted by molar-refractivity contribution is 5.69. The molecule has 2 heterocycles. The highest BCUT2D eigenvalue weighted by Gasteiger charge is 2.14. The van der Waals surface area contributed by atoms with Crippen LogP contribution in [0.5, 0.6) is 0 Å². The zero-order valence-corrected chi connectivity index (χ0v) is 10.5. The molecule has 1 unspecified atom stereocenters. The molecule has 0 aliphatic rings. The molecule has 0 spiro atoms. The highest BCUT2D eigenvalue weighted by Crippen LogP contribution is 2.10. The number of aromatic nitrogens is 4. The van der Waals surface area contributed by atoms with E-state index in [9.17, 15) is 9.59 Å². The Morgan fingerprint density at radius 3 is 2.72 bits per heavy atom. The van der Waals surface area contributed by atoms with Crippen molar-refractivity contribution >= 4 is 11.2 Å². The van der Waals surface area contributed by atoms with Gasteiger partial charge in [-0.2, -0.15) is 0 Å². The van der Waals surface area contributed by atoms with Crippen molar-refractivity contribution in [2.75, 3.05) is 0 Å². The van der Waals surface area contributed by atoms with Crippen LogP contribution in [0.2, 0.25) is 0 Å². The van der Waals surface area contributed by atoms with E-state index in [0.29, 0.717) is 23.5 Å². The van der Waals surface area contributed by atoms with Crippen LogP contribution in [0.25, 0.3) is 11.2 Å². The summed E-state index contributed by atoms with van der Waals surface area (Å²) in [6, 6.07) is -0.313. The van der Waals surface area contributed by atoms with E-state index in [1.54, 1.807) is 6.92 Å². The number of nitrogens with one attached hydrogen (secondary N) is 2. The van der Waals surface area contributed by atoms with Gasteiger partial charge in [-0.15, -0.1) is 0 Å². The first-order valence-electron chi connectivity index (χ1n) is 6.03. The van der Waals surface area contributed by atoms with E-state index in [4.69, 9.17) is 5.73 Å². The summed E-state index contributed by atoms with van der Waals surface area (Å²) in [5.74, 6) is 0.506. The number of unbranched alkanes of at least 4 members (excludes halogenated alkanes) is 1. The first-order chi connectivity index (χ1) is 8.54. The van der Waals surface area contributed by atoms with Gasteiger partial charge in [0, 0.05) is 6.54 Å². The Morgan fingerprint density at radius 2 is 2.11 bits per heavy atom. The minimum absolute atomic E-state index is 0.304. The maximum atomic E-state index is 11.8. The molecule has 98 valence electrons. The lowest BCUT2D eigenvalue weighted by molar-refractivity contribution is 0.612. The third-order valence-electron chi connectivity index (χ3n) is 2.82. The number of H-pyrrole nitrogens is 2. The zero-order chi connectivity index (χ0) is 13.3. The molecule has 2 aromatic rings. The second-order valence-electron chi connectivity index (χ2n) is 4.37. The largest absolute Gasteiger partial charge is 0.335 e. The van der Waals surface area contributed by atoms with Gasteiger partial charge in [-0.3, -0.25) is 14.3 Å². The predicted molar refractivity (Wildman–Crippen MR) is 68.5 cm³/mol. The van der Waals surface area contributed by atoms with Crippen molar-refractivity contribution in [1.29, 1.82) is 0 Å². The van der Waals surface area contributed by atoms with E-state index in [1.165, 1.54) is 4.57 Å². The first kappa shape index (κ1) is 12.6. The van der Waals surface area contributed by atoms with Gasteiger partial charge in [-0.05, 0) is 13.3 Å². The summed E-state index contributed by atoms with van der Waals surface area (Å²) in [6.07, 6.45) is 1.80. The lowest BCUT2D eigenvalue weighted by Gasteiger charge is -2.03. The summed E-state index contributed by atoms with van der Waals surface area (Å²) in [6.45, 7) is 4.33. The van der Waals surface area contributed by atoms with Gasteiger partial charge in [0.2, 0.25) is 0 Å². The third kappa shape index (κ3) is 2.08. The Kier molecular flexibility index (Phi) is 3.33. The van der Waals surface area contributed by atoms with Crippen molar-refractivity contribution in [3.05, 3.63) is 26.7 Å². The van der Waals surface area contributed by atoms with Crippen LogP contribution in [-0.2, 0) is 6.54 Å². The molecule has 2 rings (SSSR count). The van der Waals surface area contributed by atoms with Gasteiger partial charge in [-0.25, -0.2) is 9.78 Å². The fourth-order valence-corrected chi connectivity index (χ4v) is 1.80. The summed E-state index contributed by atoms with van der Waals surface area (Å²) >= 11 is 0. The van der Waals surface area contributed by atoms with E-state index < -0.39 is 11.2 Å². The number of rotatable bonds is 4. The lowest BCUT2D eigenvalue weighted by Crippen LogP contribution is -2.30. The van der Waals surface area contributed by atoms with Gasteiger partial charge in [0.05, 0.1) is 6.04 Å². The Hall–Kier alpha value is -1.89. The maximum absolute atomic E-state index is 11.8. The molecule has 1 atom stereocenters. The van der Waals surface area contributed by atoms with Gasteiger partial charge in [0.1, 0.15) is 11.3 Å². The lowest BCUT2D eigenvalue weighted by atomic mass is 10.3. The van der Waals surface area contributed by atoms with Crippen LogP contribution in [0, 0.1) is 0 Å². The zero-order valence-electron chi connectivity index (χ0n) is 10.5. The number of nitrogens with two attached hydrogens (primary N) is 1. The monoisotopic (exact) mass is 251 g/mol. The molecule has 7 heteroatoms. The topological polar surface area (TPSA) is 110 Å². The van der Waals surface area contributed by atoms with Crippen LogP contribution >= 0.6 is 0 Å². The van der Waals surface area contributed by atoms with E-state index in [-0.39, 0.29) is 6.04 Å². The molecule has 4 N–H and O–H groups in total. The molecule has 7 nitrogen and oxygen atoms in total. The van der Waals surface area contributed by atoms with Crippen molar-refractivity contribution < 1.29 is 0 Å². The van der Waals surface area contributed by atoms with Crippen molar-refractivity contribution in [2.45, 2.75) is 39.3 Å². The Balaban J connectivity index is 2.68. The molecule has 0 radical (unpaired) electrons. The summed E-state index contributed by atoms with van der Waals surface area (Å²) in [4.78, 5) is 32.8. The Morgan fingerprint density at radius 1 is 1.39 bits per heavy atom. The van der Waals surface area contributed by atoms with Crippen LogP contribution in [-0.4, -0.2) is 19.5 Å². The number of hydrogen-bond acceptors (Lipinski definition) is 4. The smallest absolute Gasteiger partial charge is 0.330 e. The normalized spacial score (nSPS) is 13.1. The summed E-state index contributed by atoms with van der Waals surface area (Å²) < 4.78 is 1.47. The first-order valence-corrected chi connectivity index (χ1v) is 6.03. The maximum Gasteiger partial charge on any atom is 0.330 e.